The zero-order valence-electron chi connectivity index (χ0n) is 13.0. The number of piperidine rings is 1. The Kier molecular flexibility index (Phi) is 5.99. The topological polar surface area (TPSA) is 64.1 Å². The van der Waals surface area contributed by atoms with Crippen molar-refractivity contribution in [2.75, 3.05) is 46.3 Å². The van der Waals surface area contributed by atoms with Crippen LogP contribution in [-0.2, 0) is 9.59 Å². The second kappa shape index (κ2) is 7.75. The van der Waals surface area contributed by atoms with E-state index in [1.165, 1.54) is 0 Å². The maximum absolute atomic E-state index is 12.4. The van der Waals surface area contributed by atoms with Gasteiger partial charge in [0.25, 0.3) is 0 Å². The van der Waals surface area contributed by atoms with Gasteiger partial charge in [0.15, 0.2) is 0 Å². The van der Waals surface area contributed by atoms with Crippen LogP contribution in [0.1, 0.15) is 32.1 Å². The highest BCUT2D eigenvalue weighted by atomic mass is 16.4. The summed E-state index contributed by atoms with van der Waals surface area (Å²) in [5.41, 5.74) is 0. The summed E-state index contributed by atoms with van der Waals surface area (Å²) < 4.78 is 0. The summed E-state index contributed by atoms with van der Waals surface area (Å²) in [6.45, 7) is 5.66. The van der Waals surface area contributed by atoms with Crippen molar-refractivity contribution in [3.8, 4) is 0 Å². The number of hydrogen-bond acceptors (Lipinski definition) is 4. The summed E-state index contributed by atoms with van der Waals surface area (Å²) in [6.07, 6.45) is 3.45. The van der Waals surface area contributed by atoms with Crippen LogP contribution in [0.3, 0.4) is 0 Å². The van der Waals surface area contributed by atoms with Gasteiger partial charge >= 0.3 is 5.97 Å². The number of likely N-dealkylation sites (tertiary alicyclic amines) is 1. The molecule has 0 bridgehead atoms. The second-order valence-electron chi connectivity index (χ2n) is 6.23. The predicted molar refractivity (Wildman–Crippen MR) is 80.2 cm³/mol. The van der Waals surface area contributed by atoms with Crippen molar-refractivity contribution in [1.29, 1.82) is 0 Å². The van der Waals surface area contributed by atoms with Crippen LogP contribution in [-0.4, -0.2) is 84.0 Å². The second-order valence-corrected chi connectivity index (χ2v) is 6.23. The van der Waals surface area contributed by atoms with Crippen molar-refractivity contribution in [2.45, 2.75) is 38.1 Å². The van der Waals surface area contributed by atoms with E-state index >= 15 is 0 Å². The number of piperazine rings is 1. The van der Waals surface area contributed by atoms with Crippen LogP contribution in [0.2, 0.25) is 0 Å². The molecule has 2 heterocycles. The van der Waals surface area contributed by atoms with Crippen molar-refractivity contribution >= 4 is 11.9 Å². The highest BCUT2D eigenvalue weighted by molar-refractivity contribution is 5.78. The highest BCUT2D eigenvalue weighted by Gasteiger charge is 2.28. The number of nitrogens with zero attached hydrogens (tertiary/aromatic N) is 3. The third-order valence-electron chi connectivity index (χ3n) is 4.60. The first kappa shape index (κ1) is 16.2. The van der Waals surface area contributed by atoms with Crippen LogP contribution in [0.15, 0.2) is 0 Å². The summed E-state index contributed by atoms with van der Waals surface area (Å²) in [7, 11) is 2.12. The minimum absolute atomic E-state index is 0.0836. The zero-order valence-corrected chi connectivity index (χ0v) is 13.0. The molecule has 2 aliphatic rings. The molecule has 2 saturated heterocycles. The number of aliphatic carboxylic acids is 1. The fraction of sp³-hybridized carbons (Fsp3) is 0.867. The Balaban J connectivity index is 1.79. The first-order valence-corrected chi connectivity index (χ1v) is 7.98. The summed E-state index contributed by atoms with van der Waals surface area (Å²) in [5, 5.41) is 8.97. The molecule has 1 atom stereocenters. The highest BCUT2D eigenvalue weighted by Crippen LogP contribution is 2.20. The molecule has 120 valence electrons. The van der Waals surface area contributed by atoms with Gasteiger partial charge in [0, 0.05) is 51.7 Å². The van der Waals surface area contributed by atoms with Gasteiger partial charge in [-0.05, 0) is 26.3 Å². The van der Waals surface area contributed by atoms with E-state index in [2.05, 4.69) is 16.8 Å². The first-order chi connectivity index (χ1) is 10.1. The number of amides is 1. The molecule has 1 N–H and O–H groups in total. The molecule has 0 aromatic rings. The lowest BCUT2D eigenvalue weighted by molar-refractivity contribution is -0.142. The Bertz CT molecular complexity index is 367. The molecular formula is C15H27N3O3. The molecule has 2 rings (SSSR count). The molecule has 0 aromatic heterocycles. The molecule has 0 radical (unpaired) electrons. The normalized spacial score (nSPS) is 25.0. The SMILES string of the molecule is CN1CCN(CCC(=O)N2CCCCC2CC(=O)O)CC1. The van der Waals surface area contributed by atoms with Gasteiger partial charge in [0.1, 0.15) is 0 Å². The van der Waals surface area contributed by atoms with Crippen molar-refractivity contribution in [1.82, 2.24) is 14.7 Å². The monoisotopic (exact) mass is 297 g/mol. The van der Waals surface area contributed by atoms with Crippen LogP contribution < -0.4 is 0 Å². The van der Waals surface area contributed by atoms with Gasteiger partial charge in [-0.15, -0.1) is 0 Å². The van der Waals surface area contributed by atoms with Crippen molar-refractivity contribution in [3.63, 3.8) is 0 Å². The smallest absolute Gasteiger partial charge is 0.305 e. The number of rotatable bonds is 5. The average molecular weight is 297 g/mol. The predicted octanol–water partition coefficient (Wildman–Crippen LogP) is 0.480. The lowest BCUT2D eigenvalue weighted by atomic mass is 9.99. The summed E-state index contributed by atoms with van der Waals surface area (Å²) in [4.78, 5) is 29.8. The maximum Gasteiger partial charge on any atom is 0.305 e. The van der Waals surface area contributed by atoms with Gasteiger partial charge < -0.3 is 19.8 Å². The van der Waals surface area contributed by atoms with Crippen molar-refractivity contribution in [3.05, 3.63) is 0 Å². The fourth-order valence-electron chi connectivity index (χ4n) is 3.21. The summed E-state index contributed by atoms with van der Waals surface area (Å²) in [6, 6.07) is -0.101. The average Bonchev–Trinajstić information content (AvgIpc) is 2.46. The first-order valence-electron chi connectivity index (χ1n) is 7.98. The number of carbonyl (C=O) groups excluding carboxylic acids is 1. The molecule has 2 aliphatic heterocycles. The quantitative estimate of drug-likeness (QED) is 0.799. The van der Waals surface area contributed by atoms with Crippen molar-refractivity contribution in [2.24, 2.45) is 0 Å². The van der Waals surface area contributed by atoms with E-state index < -0.39 is 5.97 Å². The maximum atomic E-state index is 12.4. The standard InChI is InChI=1S/C15H27N3O3/c1-16-8-10-17(11-9-16)7-5-14(19)18-6-3-2-4-13(18)12-15(20)21/h13H,2-12H2,1H3,(H,20,21). The van der Waals surface area contributed by atoms with Crippen LogP contribution in [0.4, 0.5) is 0 Å². The minimum atomic E-state index is -0.807. The number of carboxylic acid groups (broad SMARTS) is 1. The molecule has 1 amide bonds. The van der Waals surface area contributed by atoms with E-state index in [1.807, 2.05) is 4.90 Å². The molecule has 0 aromatic carbocycles. The number of hydrogen-bond donors (Lipinski definition) is 1. The van der Waals surface area contributed by atoms with Crippen LogP contribution >= 0.6 is 0 Å². The number of carbonyl (C=O) groups is 2. The van der Waals surface area contributed by atoms with Gasteiger partial charge in [0.05, 0.1) is 6.42 Å². The third-order valence-corrected chi connectivity index (χ3v) is 4.60. The molecule has 2 fully saturated rings. The Labute approximate surface area is 126 Å². The summed E-state index contributed by atoms with van der Waals surface area (Å²) in [5.74, 6) is -0.682. The lowest BCUT2D eigenvalue weighted by Gasteiger charge is -2.36. The molecule has 6 nitrogen and oxygen atoms in total. The third kappa shape index (κ3) is 4.97. The van der Waals surface area contributed by atoms with E-state index in [0.29, 0.717) is 6.42 Å². The minimum Gasteiger partial charge on any atom is -0.481 e. The van der Waals surface area contributed by atoms with E-state index in [4.69, 9.17) is 5.11 Å². The zero-order chi connectivity index (χ0) is 15.2. The van der Waals surface area contributed by atoms with E-state index in [0.717, 1.165) is 58.5 Å². The van der Waals surface area contributed by atoms with Gasteiger partial charge in [-0.25, -0.2) is 0 Å². The fourth-order valence-corrected chi connectivity index (χ4v) is 3.21. The molecule has 1 unspecified atom stereocenters. The molecule has 6 heteroatoms. The summed E-state index contributed by atoms with van der Waals surface area (Å²) >= 11 is 0. The number of likely N-dealkylation sites (N-methyl/N-ethyl adjacent to an activating group) is 1. The molecule has 0 spiro atoms. The number of carboxylic acids is 1. The largest absolute Gasteiger partial charge is 0.481 e. The molecule has 0 aliphatic carbocycles. The van der Waals surface area contributed by atoms with Crippen LogP contribution in [0, 0.1) is 0 Å². The molecule has 21 heavy (non-hydrogen) atoms. The Morgan fingerprint density at radius 1 is 1.10 bits per heavy atom. The van der Waals surface area contributed by atoms with E-state index in [-0.39, 0.29) is 18.4 Å². The van der Waals surface area contributed by atoms with Crippen molar-refractivity contribution < 1.29 is 14.7 Å². The van der Waals surface area contributed by atoms with Gasteiger partial charge in [0.2, 0.25) is 5.91 Å². The van der Waals surface area contributed by atoms with E-state index in [9.17, 15) is 9.59 Å². The van der Waals surface area contributed by atoms with Gasteiger partial charge in [-0.3, -0.25) is 9.59 Å². The van der Waals surface area contributed by atoms with E-state index in [1.54, 1.807) is 0 Å². The Morgan fingerprint density at radius 3 is 2.48 bits per heavy atom. The lowest BCUT2D eigenvalue weighted by Crippen LogP contribution is -2.48. The molecule has 0 saturated carbocycles. The van der Waals surface area contributed by atoms with Gasteiger partial charge in [-0.2, -0.15) is 0 Å². The Hall–Kier alpha value is -1.14. The molecular weight excluding hydrogens is 270 g/mol. The van der Waals surface area contributed by atoms with Crippen LogP contribution in [0.25, 0.3) is 0 Å². The Morgan fingerprint density at radius 2 is 1.81 bits per heavy atom. The van der Waals surface area contributed by atoms with Crippen LogP contribution in [0.5, 0.6) is 0 Å². The van der Waals surface area contributed by atoms with Gasteiger partial charge in [-0.1, -0.05) is 0 Å².